The highest BCUT2D eigenvalue weighted by Gasteiger charge is 2.45. The molecule has 0 radical (unpaired) electrons. The Morgan fingerprint density at radius 2 is 1.79 bits per heavy atom. The van der Waals surface area contributed by atoms with Crippen LogP contribution in [0.4, 0.5) is 17.7 Å². The quantitative estimate of drug-likeness (QED) is 0.485. The second kappa shape index (κ2) is 11.8. The molecular weight excluding hydrogens is 382 g/mol. The molecule has 3 rings (SSSR count). The largest absolute Gasteiger partial charge is 0.433 e. The Kier molecular flexibility index (Phi) is 11.0. The van der Waals surface area contributed by atoms with Crippen molar-refractivity contribution in [2.75, 3.05) is 6.61 Å². The first-order valence-corrected chi connectivity index (χ1v) is 8.76. The molecule has 0 spiro atoms. The minimum Gasteiger partial charge on any atom is -0.376 e. The first-order valence-electron chi connectivity index (χ1n) is 8.76. The fraction of sp³-hybridized carbons (Fsp3) is 0.632. The maximum atomic E-state index is 11.9. The Labute approximate surface area is 163 Å². The number of aromatic nitrogens is 1. The van der Waals surface area contributed by atoms with Crippen molar-refractivity contribution in [1.82, 2.24) is 4.98 Å². The van der Waals surface area contributed by atoms with Crippen LogP contribution in [0.3, 0.4) is 0 Å². The monoisotopic (exact) mass is 409 g/mol. The number of rotatable bonds is 1. The highest BCUT2D eigenvalue weighted by molar-refractivity contribution is 5.17. The van der Waals surface area contributed by atoms with Gasteiger partial charge in [0, 0.05) is 17.2 Å². The van der Waals surface area contributed by atoms with Crippen LogP contribution in [0, 0.1) is 12.8 Å². The first kappa shape index (κ1) is 26.1. The summed E-state index contributed by atoms with van der Waals surface area (Å²) in [4.78, 5) is 5.88. The topological polar surface area (TPSA) is 49.8 Å². The predicted octanol–water partition coefficient (Wildman–Crippen LogP) is 4.95. The van der Waals surface area contributed by atoms with Gasteiger partial charge < -0.3 is 14.2 Å². The van der Waals surface area contributed by atoms with Crippen molar-refractivity contribution >= 4 is 0 Å². The van der Waals surface area contributed by atoms with E-state index in [1.807, 2.05) is 34.6 Å². The zero-order valence-electron chi connectivity index (χ0n) is 16.6. The van der Waals surface area contributed by atoms with E-state index in [1.54, 1.807) is 0 Å². The van der Waals surface area contributed by atoms with Crippen molar-refractivity contribution in [2.45, 2.75) is 71.3 Å². The number of hydrogen-bond donors (Lipinski definition) is 0. The molecule has 1 aromatic heterocycles. The van der Waals surface area contributed by atoms with Gasteiger partial charge in [-0.2, -0.15) is 13.2 Å². The van der Waals surface area contributed by atoms with Gasteiger partial charge in [0.2, 0.25) is 0 Å². The van der Waals surface area contributed by atoms with E-state index in [1.165, 1.54) is 0 Å². The third kappa shape index (κ3) is 8.00. The SMILES string of the molecule is C#C.CC.CC1OCCC2OC(C)(C)OC12.FOc1cccc(C(F)(F)F)n1. The highest BCUT2D eigenvalue weighted by atomic mass is 19.4. The third-order valence-electron chi connectivity index (χ3n) is 3.56. The molecule has 3 atom stereocenters. The van der Waals surface area contributed by atoms with E-state index >= 15 is 0 Å². The molecule has 0 aliphatic carbocycles. The summed E-state index contributed by atoms with van der Waals surface area (Å²) in [5.74, 6) is -1.12. The number of pyridine rings is 1. The molecule has 2 aliphatic rings. The number of alkyl halides is 3. The zero-order valence-corrected chi connectivity index (χ0v) is 16.6. The van der Waals surface area contributed by atoms with E-state index in [0.717, 1.165) is 31.2 Å². The van der Waals surface area contributed by atoms with Crippen LogP contribution in [-0.2, 0) is 20.4 Å². The molecule has 0 bridgehead atoms. The Morgan fingerprint density at radius 3 is 2.29 bits per heavy atom. The number of nitrogens with zero attached hydrogens (tertiary/aromatic N) is 1. The van der Waals surface area contributed by atoms with Crippen LogP contribution in [0.2, 0.25) is 0 Å². The van der Waals surface area contributed by atoms with Crippen molar-refractivity contribution in [2.24, 2.45) is 0 Å². The van der Waals surface area contributed by atoms with Crippen LogP contribution >= 0.6 is 0 Å². The van der Waals surface area contributed by atoms with Crippen molar-refractivity contribution in [1.29, 1.82) is 0 Å². The van der Waals surface area contributed by atoms with Crippen molar-refractivity contribution < 1.29 is 36.8 Å². The molecule has 0 amide bonds. The average Bonchev–Trinajstić information content (AvgIpc) is 3.00. The van der Waals surface area contributed by atoms with Crippen LogP contribution in [0.25, 0.3) is 0 Å². The highest BCUT2D eigenvalue weighted by Crippen LogP contribution is 2.34. The molecule has 9 heteroatoms. The molecule has 28 heavy (non-hydrogen) atoms. The van der Waals surface area contributed by atoms with Crippen LogP contribution in [-0.4, -0.2) is 35.7 Å². The van der Waals surface area contributed by atoms with Crippen LogP contribution in [0.1, 0.15) is 46.7 Å². The maximum absolute atomic E-state index is 11.9. The summed E-state index contributed by atoms with van der Waals surface area (Å²) in [7, 11) is 0. The van der Waals surface area contributed by atoms with Crippen LogP contribution in [0.5, 0.6) is 5.88 Å². The fourth-order valence-corrected chi connectivity index (χ4v) is 2.56. The van der Waals surface area contributed by atoms with Gasteiger partial charge in [-0.3, -0.25) is 4.94 Å². The number of hydrogen-bond acceptors (Lipinski definition) is 5. The number of ether oxygens (including phenoxy) is 3. The van der Waals surface area contributed by atoms with Gasteiger partial charge in [0.25, 0.3) is 5.88 Å². The Hall–Kier alpha value is -1.89. The summed E-state index contributed by atoms with van der Waals surface area (Å²) >= 11 is 0. The van der Waals surface area contributed by atoms with Gasteiger partial charge in [0.15, 0.2) is 5.79 Å². The molecule has 2 fully saturated rings. The maximum Gasteiger partial charge on any atom is 0.433 e. The Balaban J connectivity index is 0.000000443. The van der Waals surface area contributed by atoms with Gasteiger partial charge in [0.05, 0.1) is 12.2 Å². The summed E-state index contributed by atoms with van der Waals surface area (Å²) in [6.45, 7) is 10.7. The van der Waals surface area contributed by atoms with Gasteiger partial charge in [-0.1, -0.05) is 19.9 Å². The predicted molar refractivity (Wildman–Crippen MR) is 96.1 cm³/mol. The summed E-state index contributed by atoms with van der Waals surface area (Å²) < 4.78 is 63.9. The molecule has 3 unspecified atom stereocenters. The summed E-state index contributed by atoms with van der Waals surface area (Å²) in [5, 5.41) is 0. The van der Waals surface area contributed by atoms with E-state index in [9.17, 15) is 17.7 Å². The number of fused-ring (bicyclic) bond motifs is 1. The molecular formula is C19H27F4NO4. The molecule has 5 nitrogen and oxygen atoms in total. The minimum absolute atomic E-state index is 0.133. The van der Waals surface area contributed by atoms with Gasteiger partial charge in [0.1, 0.15) is 11.8 Å². The van der Waals surface area contributed by atoms with Crippen molar-refractivity contribution in [3.63, 3.8) is 0 Å². The molecule has 2 aliphatic heterocycles. The lowest BCUT2D eigenvalue weighted by Gasteiger charge is -2.28. The smallest absolute Gasteiger partial charge is 0.376 e. The van der Waals surface area contributed by atoms with Crippen molar-refractivity contribution in [3.05, 3.63) is 23.9 Å². The lowest BCUT2D eigenvalue weighted by atomic mass is 10.0. The van der Waals surface area contributed by atoms with Crippen LogP contribution in [0.15, 0.2) is 18.2 Å². The van der Waals surface area contributed by atoms with E-state index in [4.69, 9.17) is 14.2 Å². The number of terminal acetylenes is 1. The van der Waals surface area contributed by atoms with E-state index in [0.29, 0.717) is 0 Å². The standard InChI is InChI=1S/C9H16O3.C6H3F4NO.C2H6.C2H2/c1-6-8-7(4-5-10-6)11-9(2,3)12-8;7-6(8,9)4-2-1-3-5(11-4)12-10;2*1-2/h6-8H,4-5H2,1-3H3;1-3H;1-2H3;1-2H. The van der Waals surface area contributed by atoms with Gasteiger partial charge in [-0.05, 0) is 33.3 Å². The number of halogens is 4. The lowest BCUT2D eigenvalue weighted by molar-refractivity contribution is -0.152. The second-order valence-corrected chi connectivity index (χ2v) is 5.94. The van der Waals surface area contributed by atoms with E-state index in [2.05, 4.69) is 22.8 Å². The molecule has 3 heterocycles. The molecule has 2 saturated heterocycles. The van der Waals surface area contributed by atoms with Crippen LogP contribution < -0.4 is 4.94 Å². The lowest BCUT2D eigenvalue weighted by Crippen LogP contribution is -2.40. The second-order valence-electron chi connectivity index (χ2n) is 5.94. The van der Waals surface area contributed by atoms with Gasteiger partial charge >= 0.3 is 6.18 Å². The summed E-state index contributed by atoms with van der Waals surface area (Å²) in [6.07, 6.45) is 4.93. The molecule has 0 aromatic carbocycles. The molecule has 0 saturated carbocycles. The summed E-state index contributed by atoms with van der Waals surface area (Å²) in [5.41, 5.74) is -1.18. The van der Waals surface area contributed by atoms with Crippen molar-refractivity contribution in [3.8, 4) is 18.7 Å². The summed E-state index contributed by atoms with van der Waals surface area (Å²) in [6, 6.07) is 2.71. The minimum atomic E-state index is -4.57. The zero-order chi connectivity index (χ0) is 22.0. The van der Waals surface area contributed by atoms with E-state index < -0.39 is 23.5 Å². The van der Waals surface area contributed by atoms with Gasteiger partial charge in [-0.25, -0.2) is 4.98 Å². The first-order chi connectivity index (χ1) is 13.1. The Morgan fingerprint density at radius 1 is 1.18 bits per heavy atom. The third-order valence-corrected chi connectivity index (χ3v) is 3.56. The molecule has 1 aromatic rings. The average molecular weight is 409 g/mol. The molecule has 160 valence electrons. The Bertz CT molecular complexity index is 593. The van der Waals surface area contributed by atoms with Gasteiger partial charge in [-0.15, -0.1) is 12.8 Å². The normalized spacial score (nSPS) is 24.8. The molecule has 0 N–H and O–H groups in total. The fourth-order valence-electron chi connectivity index (χ4n) is 2.56. The van der Waals surface area contributed by atoms with E-state index in [-0.39, 0.29) is 18.3 Å².